The molecule has 4 nitrogen and oxygen atoms in total. The second kappa shape index (κ2) is 16.1. The average Bonchev–Trinajstić information content (AvgIpc) is 3.38. The van der Waals surface area contributed by atoms with Crippen molar-refractivity contribution in [3.63, 3.8) is 0 Å². The van der Waals surface area contributed by atoms with Gasteiger partial charge in [-0.05, 0) is 54.5 Å². The van der Waals surface area contributed by atoms with Crippen LogP contribution in [0.5, 0.6) is 5.75 Å². The lowest BCUT2D eigenvalue weighted by atomic mass is 9.91. The summed E-state index contributed by atoms with van der Waals surface area (Å²) in [7, 11) is 0. The molecule has 1 aliphatic heterocycles. The SMILES string of the molecule is CCCCOC[C@@H]1C[C@H](OCCCC)C[C@H](c2cc(Cc3cc4ccccc4s3)c(C(F)(F)F)cc2OCCCC)O1. The quantitative estimate of drug-likeness (QED) is 0.152. The molecule has 0 bridgehead atoms. The third-order valence-corrected chi connectivity index (χ3v) is 8.76. The van der Waals surface area contributed by atoms with E-state index in [0.717, 1.165) is 53.5 Å². The van der Waals surface area contributed by atoms with Crippen LogP contribution in [0.2, 0.25) is 0 Å². The number of hydrogen-bond donors (Lipinski definition) is 0. The van der Waals surface area contributed by atoms with Gasteiger partial charge in [0.25, 0.3) is 0 Å². The monoisotopic (exact) mass is 606 g/mol. The van der Waals surface area contributed by atoms with Gasteiger partial charge in [-0.15, -0.1) is 11.3 Å². The summed E-state index contributed by atoms with van der Waals surface area (Å²) in [6, 6.07) is 12.8. The third kappa shape index (κ3) is 9.18. The van der Waals surface area contributed by atoms with E-state index in [4.69, 9.17) is 18.9 Å². The zero-order valence-electron chi connectivity index (χ0n) is 25.1. The van der Waals surface area contributed by atoms with E-state index in [0.29, 0.717) is 44.8 Å². The normalized spacial score (nSPS) is 19.4. The van der Waals surface area contributed by atoms with Gasteiger partial charge >= 0.3 is 6.18 Å². The fraction of sp³-hybridized carbons (Fsp3) is 0.588. The van der Waals surface area contributed by atoms with E-state index in [9.17, 15) is 13.2 Å². The Hall–Kier alpha value is -2.13. The van der Waals surface area contributed by atoms with Crippen molar-refractivity contribution < 1.29 is 32.1 Å². The summed E-state index contributed by atoms with van der Waals surface area (Å²) in [4.78, 5) is 0.889. The third-order valence-electron chi connectivity index (χ3n) is 7.64. The van der Waals surface area contributed by atoms with E-state index < -0.39 is 17.8 Å². The molecule has 0 N–H and O–H groups in total. The van der Waals surface area contributed by atoms with Crippen LogP contribution in [0.1, 0.15) is 99.8 Å². The molecule has 3 aromatic rings. The zero-order valence-corrected chi connectivity index (χ0v) is 26.0. The molecule has 0 amide bonds. The predicted molar refractivity (Wildman–Crippen MR) is 164 cm³/mol. The maximum Gasteiger partial charge on any atom is 0.416 e. The molecule has 0 saturated carbocycles. The first-order chi connectivity index (χ1) is 20.3. The lowest BCUT2D eigenvalue weighted by Gasteiger charge is -2.36. The van der Waals surface area contributed by atoms with Crippen molar-refractivity contribution in [1.82, 2.24) is 0 Å². The van der Waals surface area contributed by atoms with Crippen molar-refractivity contribution in [2.45, 2.75) is 103 Å². The van der Waals surface area contributed by atoms with Gasteiger partial charge < -0.3 is 18.9 Å². The Morgan fingerprint density at radius 3 is 2.38 bits per heavy atom. The molecule has 8 heteroatoms. The van der Waals surface area contributed by atoms with Gasteiger partial charge in [0.15, 0.2) is 0 Å². The van der Waals surface area contributed by atoms with Crippen LogP contribution < -0.4 is 4.74 Å². The molecule has 0 unspecified atom stereocenters. The smallest absolute Gasteiger partial charge is 0.416 e. The maximum absolute atomic E-state index is 14.5. The second-order valence-electron chi connectivity index (χ2n) is 11.2. The minimum atomic E-state index is -4.51. The molecular formula is C34H45F3O4S. The number of thiophene rings is 1. The summed E-state index contributed by atoms with van der Waals surface area (Å²) in [6.45, 7) is 8.38. The number of halogens is 3. The van der Waals surface area contributed by atoms with Crippen molar-refractivity contribution in [2.75, 3.05) is 26.4 Å². The van der Waals surface area contributed by atoms with Gasteiger partial charge in [-0.2, -0.15) is 13.2 Å². The number of fused-ring (bicyclic) bond motifs is 1. The molecule has 2 aromatic carbocycles. The summed E-state index contributed by atoms with van der Waals surface area (Å²) in [5, 5.41) is 1.04. The molecule has 0 spiro atoms. The van der Waals surface area contributed by atoms with Gasteiger partial charge in [0.1, 0.15) is 5.75 Å². The molecule has 1 fully saturated rings. The lowest BCUT2D eigenvalue weighted by molar-refractivity contribution is -0.140. The largest absolute Gasteiger partial charge is 0.493 e. The highest BCUT2D eigenvalue weighted by molar-refractivity contribution is 7.19. The van der Waals surface area contributed by atoms with Crippen LogP contribution in [0.3, 0.4) is 0 Å². The molecule has 4 rings (SSSR count). The summed E-state index contributed by atoms with van der Waals surface area (Å²) in [6.07, 6.45) is 1.87. The van der Waals surface area contributed by atoms with Crippen LogP contribution in [0.25, 0.3) is 10.1 Å². The van der Waals surface area contributed by atoms with E-state index >= 15 is 0 Å². The highest BCUT2D eigenvalue weighted by atomic mass is 32.1. The van der Waals surface area contributed by atoms with E-state index in [2.05, 4.69) is 13.8 Å². The Balaban J connectivity index is 1.70. The summed E-state index contributed by atoms with van der Waals surface area (Å²) in [5.74, 6) is 0.251. The first kappa shape index (κ1) is 32.8. The highest BCUT2D eigenvalue weighted by Crippen LogP contribution is 2.43. The minimum absolute atomic E-state index is 0.0631. The Bertz CT molecular complexity index is 1210. The fourth-order valence-electron chi connectivity index (χ4n) is 5.34. The molecular weight excluding hydrogens is 561 g/mol. The second-order valence-corrected chi connectivity index (χ2v) is 12.3. The molecule has 3 atom stereocenters. The van der Waals surface area contributed by atoms with Crippen LogP contribution in [-0.2, 0) is 26.8 Å². The molecule has 1 saturated heterocycles. The molecule has 2 heterocycles. The fourth-order valence-corrected chi connectivity index (χ4v) is 6.43. The number of alkyl halides is 3. The van der Waals surface area contributed by atoms with Gasteiger partial charge in [-0.25, -0.2) is 0 Å². The van der Waals surface area contributed by atoms with Crippen molar-refractivity contribution in [1.29, 1.82) is 0 Å². The summed E-state index contributed by atoms with van der Waals surface area (Å²) < 4.78 is 69.3. The van der Waals surface area contributed by atoms with Gasteiger partial charge in [-0.3, -0.25) is 0 Å². The molecule has 42 heavy (non-hydrogen) atoms. The van der Waals surface area contributed by atoms with Crippen LogP contribution in [-0.4, -0.2) is 38.6 Å². The first-order valence-electron chi connectivity index (χ1n) is 15.5. The average molecular weight is 607 g/mol. The number of benzene rings is 2. The van der Waals surface area contributed by atoms with Crippen LogP contribution in [0, 0.1) is 0 Å². The number of unbranched alkanes of at least 4 members (excludes halogenated alkanes) is 3. The number of rotatable bonds is 16. The highest BCUT2D eigenvalue weighted by Gasteiger charge is 2.38. The Kier molecular flexibility index (Phi) is 12.6. The molecule has 1 aromatic heterocycles. The van der Waals surface area contributed by atoms with E-state index in [-0.39, 0.29) is 29.9 Å². The minimum Gasteiger partial charge on any atom is -0.493 e. The lowest BCUT2D eigenvalue weighted by Crippen LogP contribution is -2.36. The Morgan fingerprint density at radius 2 is 1.64 bits per heavy atom. The van der Waals surface area contributed by atoms with Crippen molar-refractivity contribution in [3.05, 3.63) is 64.0 Å². The Labute approximate surface area is 252 Å². The van der Waals surface area contributed by atoms with Crippen LogP contribution in [0.4, 0.5) is 13.2 Å². The zero-order chi connectivity index (χ0) is 30.0. The van der Waals surface area contributed by atoms with Crippen molar-refractivity contribution in [3.8, 4) is 5.75 Å². The van der Waals surface area contributed by atoms with Gasteiger partial charge in [0, 0.05) is 47.6 Å². The van der Waals surface area contributed by atoms with E-state index in [1.54, 1.807) is 6.07 Å². The first-order valence-corrected chi connectivity index (χ1v) is 16.3. The van der Waals surface area contributed by atoms with Crippen LogP contribution >= 0.6 is 11.3 Å². The topological polar surface area (TPSA) is 36.9 Å². The van der Waals surface area contributed by atoms with Gasteiger partial charge in [-0.1, -0.05) is 58.2 Å². The molecule has 0 radical (unpaired) electrons. The van der Waals surface area contributed by atoms with Gasteiger partial charge in [0.2, 0.25) is 0 Å². The summed E-state index contributed by atoms with van der Waals surface area (Å²) in [5.41, 5.74) is 0.249. The maximum atomic E-state index is 14.5. The van der Waals surface area contributed by atoms with Crippen molar-refractivity contribution in [2.24, 2.45) is 0 Å². The molecule has 0 aliphatic carbocycles. The van der Waals surface area contributed by atoms with E-state index in [1.165, 1.54) is 17.4 Å². The van der Waals surface area contributed by atoms with E-state index in [1.807, 2.05) is 37.3 Å². The van der Waals surface area contributed by atoms with Gasteiger partial charge in [0.05, 0.1) is 37.1 Å². The van der Waals surface area contributed by atoms with Crippen molar-refractivity contribution >= 4 is 21.4 Å². The van der Waals surface area contributed by atoms with Crippen LogP contribution in [0.15, 0.2) is 42.5 Å². The predicted octanol–water partition coefficient (Wildman–Crippen LogP) is 9.91. The molecule has 232 valence electrons. The number of ether oxygens (including phenoxy) is 4. The Morgan fingerprint density at radius 1 is 0.905 bits per heavy atom. The standard InChI is InChI=1S/C34H45F3O4S/c1-4-7-14-38-23-27-20-26(39-15-8-5-2)21-32(41-27)29-19-25(18-28-17-24-12-10-11-13-33(24)42-28)30(34(35,36)37)22-31(29)40-16-9-6-3/h10-13,17,19,22,26-27,32H,4-9,14-16,18,20-21,23H2,1-3H3/t26-,27-,32+/m0/s1. The molecule has 1 aliphatic rings. The number of hydrogen-bond acceptors (Lipinski definition) is 5. The summed E-state index contributed by atoms with van der Waals surface area (Å²) >= 11 is 1.53.